The van der Waals surface area contributed by atoms with Gasteiger partial charge in [0.05, 0.1) is 23.0 Å². The maximum Gasteiger partial charge on any atom is 0.283 e. The molecule has 0 fully saturated rings. The molecule has 0 spiro atoms. The predicted octanol–water partition coefficient (Wildman–Crippen LogP) is 2.13. The molecule has 3 aromatic heterocycles. The van der Waals surface area contributed by atoms with E-state index in [4.69, 9.17) is 5.84 Å². The molecule has 0 aliphatic rings. The van der Waals surface area contributed by atoms with Crippen LogP contribution in [-0.4, -0.2) is 31.1 Å². The Kier molecular flexibility index (Phi) is 4.05. The van der Waals surface area contributed by atoms with Crippen molar-refractivity contribution in [3.05, 3.63) is 59.9 Å². The number of rotatable bonds is 3. The Morgan fingerprint density at radius 3 is 2.85 bits per heavy atom. The Morgan fingerprint density at radius 2 is 2.07 bits per heavy atom. The highest BCUT2D eigenvalue weighted by atomic mass is 19.1. The number of H-pyrrole nitrogens is 1. The maximum absolute atomic E-state index is 14.2. The molecule has 0 radical (unpaired) electrons. The van der Waals surface area contributed by atoms with E-state index in [0.29, 0.717) is 5.69 Å². The van der Waals surface area contributed by atoms with Crippen molar-refractivity contribution < 1.29 is 9.18 Å². The van der Waals surface area contributed by atoms with Gasteiger partial charge in [-0.1, -0.05) is 6.07 Å². The maximum atomic E-state index is 14.2. The third-order valence-electron chi connectivity index (χ3n) is 4.19. The standard InChI is InChI=1S/C18H14FN7O/c1-9-2-3-13-11(8-22-26-13)16(9)14-6-15(18(27)25-20)24-17(23-14)10-7-21-5-4-12(10)19/h2-8H,20H2,1H3,(H,22,26)(H,25,27). The summed E-state index contributed by atoms with van der Waals surface area (Å²) in [4.78, 5) is 24.7. The third-order valence-corrected chi connectivity index (χ3v) is 4.19. The number of aromatic amines is 1. The Hall–Kier alpha value is -3.72. The second-order valence-electron chi connectivity index (χ2n) is 5.88. The lowest BCUT2D eigenvalue weighted by Gasteiger charge is -2.11. The molecule has 4 rings (SSSR count). The number of hydrogen-bond acceptors (Lipinski definition) is 6. The summed E-state index contributed by atoms with van der Waals surface area (Å²) in [5, 5.41) is 7.78. The van der Waals surface area contributed by atoms with E-state index in [1.165, 1.54) is 24.5 Å². The van der Waals surface area contributed by atoms with E-state index in [-0.39, 0.29) is 17.1 Å². The second-order valence-corrected chi connectivity index (χ2v) is 5.88. The fourth-order valence-corrected chi connectivity index (χ4v) is 2.89. The van der Waals surface area contributed by atoms with Gasteiger partial charge in [0.25, 0.3) is 5.91 Å². The monoisotopic (exact) mass is 363 g/mol. The van der Waals surface area contributed by atoms with Crippen molar-refractivity contribution in [2.24, 2.45) is 5.84 Å². The number of carbonyl (C=O) groups is 1. The Labute approximate surface area is 152 Å². The smallest absolute Gasteiger partial charge is 0.283 e. The summed E-state index contributed by atoms with van der Waals surface area (Å²) in [7, 11) is 0. The second kappa shape index (κ2) is 6.54. The van der Waals surface area contributed by atoms with Gasteiger partial charge in [0.1, 0.15) is 11.5 Å². The SMILES string of the molecule is Cc1ccc2[nH]ncc2c1-c1cc(C(=O)NN)nc(-c2cnccc2F)n1. The summed E-state index contributed by atoms with van der Waals surface area (Å²) in [6.07, 6.45) is 4.31. The number of amides is 1. The highest BCUT2D eigenvalue weighted by molar-refractivity contribution is 5.98. The molecule has 9 heteroatoms. The van der Waals surface area contributed by atoms with E-state index in [1.54, 1.807) is 6.20 Å². The summed E-state index contributed by atoms with van der Waals surface area (Å²) < 4.78 is 14.2. The summed E-state index contributed by atoms with van der Waals surface area (Å²) in [5.41, 5.74) is 5.09. The van der Waals surface area contributed by atoms with Gasteiger partial charge in [0.15, 0.2) is 5.82 Å². The van der Waals surface area contributed by atoms with Crippen molar-refractivity contribution in [2.75, 3.05) is 0 Å². The van der Waals surface area contributed by atoms with E-state index >= 15 is 0 Å². The quantitative estimate of drug-likeness (QED) is 0.291. The lowest BCUT2D eigenvalue weighted by molar-refractivity contribution is 0.0948. The van der Waals surface area contributed by atoms with Crippen LogP contribution >= 0.6 is 0 Å². The average molecular weight is 363 g/mol. The predicted molar refractivity (Wildman–Crippen MR) is 96.7 cm³/mol. The van der Waals surface area contributed by atoms with Gasteiger partial charge in [-0.25, -0.2) is 20.2 Å². The molecule has 1 amide bonds. The van der Waals surface area contributed by atoms with Gasteiger partial charge in [-0.15, -0.1) is 0 Å². The van der Waals surface area contributed by atoms with Gasteiger partial charge in [0, 0.05) is 23.3 Å². The van der Waals surface area contributed by atoms with Crippen LogP contribution in [0.3, 0.4) is 0 Å². The number of aromatic nitrogens is 5. The van der Waals surface area contributed by atoms with Crippen LogP contribution in [0.15, 0.2) is 42.9 Å². The van der Waals surface area contributed by atoms with Crippen LogP contribution < -0.4 is 11.3 Å². The zero-order valence-electron chi connectivity index (χ0n) is 14.2. The van der Waals surface area contributed by atoms with Gasteiger partial charge < -0.3 is 0 Å². The van der Waals surface area contributed by atoms with Gasteiger partial charge >= 0.3 is 0 Å². The molecule has 0 saturated heterocycles. The lowest BCUT2D eigenvalue weighted by atomic mass is 10.0. The molecule has 4 N–H and O–H groups in total. The minimum absolute atomic E-state index is 0.0145. The molecule has 134 valence electrons. The normalized spacial score (nSPS) is 10.9. The van der Waals surface area contributed by atoms with Gasteiger partial charge in [-0.2, -0.15) is 5.10 Å². The molecule has 1 aromatic carbocycles. The number of aryl methyl sites for hydroxylation is 1. The molecule has 0 unspecified atom stereocenters. The fraction of sp³-hybridized carbons (Fsp3) is 0.0556. The third kappa shape index (κ3) is 2.89. The lowest BCUT2D eigenvalue weighted by Crippen LogP contribution is -2.31. The Balaban J connectivity index is 2.02. The van der Waals surface area contributed by atoms with Gasteiger partial charge in [-0.3, -0.25) is 20.3 Å². The molecule has 0 bridgehead atoms. The van der Waals surface area contributed by atoms with Crippen LogP contribution in [0, 0.1) is 12.7 Å². The molecule has 0 saturated carbocycles. The summed E-state index contributed by atoms with van der Waals surface area (Å²) in [6, 6.07) is 6.52. The van der Waals surface area contributed by atoms with Gasteiger partial charge in [-0.05, 0) is 30.7 Å². The van der Waals surface area contributed by atoms with E-state index in [1.807, 2.05) is 24.5 Å². The number of nitrogen functional groups attached to an aromatic ring is 1. The van der Waals surface area contributed by atoms with E-state index in [9.17, 15) is 9.18 Å². The number of nitrogens with zero attached hydrogens (tertiary/aromatic N) is 4. The van der Waals surface area contributed by atoms with Crippen LogP contribution in [0.2, 0.25) is 0 Å². The fourth-order valence-electron chi connectivity index (χ4n) is 2.89. The number of pyridine rings is 1. The van der Waals surface area contributed by atoms with E-state index in [0.717, 1.165) is 22.0 Å². The molecule has 0 aliphatic carbocycles. The number of nitrogens with one attached hydrogen (secondary N) is 2. The number of halogens is 1. The number of benzene rings is 1. The van der Waals surface area contributed by atoms with Crippen LogP contribution in [0.5, 0.6) is 0 Å². The van der Waals surface area contributed by atoms with E-state index < -0.39 is 11.7 Å². The van der Waals surface area contributed by atoms with Crippen molar-refractivity contribution >= 4 is 16.8 Å². The topological polar surface area (TPSA) is 122 Å². The Morgan fingerprint density at radius 1 is 1.22 bits per heavy atom. The number of hydrazine groups is 1. The molecule has 27 heavy (non-hydrogen) atoms. The zero-order valence-corrected chi connectivity index (χ0v) is 14.2. The van der Waals surface area contributed by atoms with Crippen LogP contribution in [0.25, 0.3) is 33.5 Å². The molecule has 0 aliphatic heterocycles. The number of carbonyl (C=O) groups excluding carboxylic acids is 1. The van der Waals surface area contributed by atoms with E-state index in [2.05, 4.69) is 25.1 Å². The molecule has 0 atom stereocenters. The molecular weight excluding hydrogens is 349 g/mol. The van der Waals surface area contributed by atoms with Crippen LogP contribution in [0.4, 0.5) is 4.39 Å². The largest absolute Gasteiger partial charge is 0.289 e. The van der Waals surface area contributed by atoms with Crippen molar-refractivity contribution in [2.45, 2.75) is 6.92 Å². The number of fused-ring (bicyclic) bond motifs is 1. The van der Waals surface area contributed by atoms with Crippen molar-refractivity contribution in [3.63, 3.8) is 0 Å². The molecule has 3 heterocycles. The average Bonchev–Trinajstić information content (AvgIpc) is 3.15. The zero-order chi connectivity index (χ0) is 19.0. The summed E-state index contributed by atoms with van der Waals surface area (Å²) >= 11 is 0. The number of hydrogen-bond donors (Lipinski definition) is 3. The van der Waals surface area contributed by atoms with Crippen LogP contribution in [0.1, 0.15) is 16.1 Å². The first-order valence-corrected chi connectivity index (χ1v) is 8.01. The van der Waals surface area contributed by atoms with Crippen molar-refractivity contribution in [1.29, 1.82) is 0 Å². The highest BCUT2D eigenvalue weighted by Crippen LogP contribution is 2.31. The first-order valence-electron chi connectivity index (χ1n) is 8.01. The first kappa shape index (κ1) is 16.7. The Bertz CT molecular complexity index is 1170. The highest BCUT2D eigenvalue weighted by Gasteiger charge is 2.18. The molecular formula is C18H14FN7O. The first-order chi connectivity index (χ1) is 13.1. The van der Waals surface area contributed by atoms with Crippen molar-refractivity contribution in [1.82, 2.24) is 30.6 Å². The summed E-state index contributed by atoms with van der Waals surface area (Å²) in [6.45, 7) is 1.91. The minimum atomic E-state index is -0.610. The minimum Gasteiger partial charge on any atom is -0.289 e. The molecule has 8 nitrogen and oxygen atoms in total. The van der Waals surface area contributed by atoms with Crippen LogP contribution in [-0.2, 0) is 0 Å². The number of nitrogens with two attached hydrogens (primary N) is 1. The van der Waals surface area contributed by atoms with Gasteiger partial charge in [0.2, 0.25) is 0 Å². The molecule has 4 aromatic rings. The van der Waals surface area contributed by atoms with Crippen molar-refractivity contribution in [3.8, 4) is 22.6 Å². The summed E-state index contributed by atoms with van der Waals surface area (Å²) in [5.74, 6) is 4.14.